The summed E-state index contributed by atoms with van der Waals surface area (Å²) >= 11 is 0. The summed E-state index contributed by atoms with van der Waals surface area (Å²) < 4.78 is 16.9. The van der Waals surface area contributed by atoms with Gasteiger partial charge in [0.1, 0.15) is 24.4 Å². The van der Waals surface area contributed by atoms with Gasteiger partial charge in [0.2, 0.25) is 5.75 Å². The molecule has 0 unspecified atom stereocenters. The van der Waals surface area contributed by atoms with Gasteiger partial charge in [-0.2, -0.15) is 4.98 Å². The third-order valence-corrected chi connectivity index (χ3v) is 3.50. The van der Waals surface area contributed by atoms with Crippen molar-refractivity contribution in [2.45, 2.75) is 6.61 Å². The van der Waals surface area contributed by atoms with Crippen LogP contribution in [0.2, 0.25) is 0 Å². The molecule has 0 saturated carbocycles. The minimum atomic E-state index is 0.347. The molecule has 0 bridgehead atoms. The molecule has 6 nitrogen and oxygen atoms in total. The van der Waals surface area contributed by atoms with Gasteiger partial charge in [0.05, 0.1) is 7.11 Å². The van der Waals surface area contributed by atoms with E-state index in [2.05, 4.69) is 15.3 Å². The molecular weight excluding hydrogens is 318 g/mol. The van der Waals surface area contributed by atoms with E-state index in [1.807, 2.05) is 54.6 Å². The Morgan fingerprint density at radius 2 is 1.64 bits per heavy atom. The van der Waals surface area contributed by atoms with Crippen molar-refractivity contribution in [1.29, 1.82) is 0 Å². The Bertz CT molecular complexity index is 808. The SMILES string of the molecule is CNc1ncnc(Oc2ccc(OCc3ccccc3)cc2)c1OC. The molecule has 6 heteroatoms. The molecule has 128 valence electrons. The molecule has 1 aromatic heterocycles. The minimum absolute atomic E-state index is 0.347. The van der Waals surface area contributed by atoms with Gasteiger partial charge in [-0.15, -0.1) is 0 Å². The standard InChI is InChI=1S/C19H19N3O3/c1-20-18-17(23-2)19(22-13-21-18)25-16-10-8-15(9-11-16)24-12-14-6-4-3-5-7-14/h3-11,13H,12H2,1-2H3,(H,20,21,22). The van der Waals surface area contributed by atoms with E-state index in [1.165, 1.54) is 6.33 Å². The first-order valence-corrected chi connectivity index (χ1v) is 7.81. The number of aromatic nitrogens is 2. The maximum absolute atomic E-state index is 5.79. The van der Waals surface area contributed by atoms with E-state index in [4.69, 9.17) is 14.2 Å². The molecular formula is C19H19N3O3. The molecule has 0 saturated heterocycles. The molecule has 25 heavy (non-hydrogen) atoms. The Labute approximate surface area is 146 Å². The smallest absolute Gasteiger partial charge is 0.268 e. The number of rotatable bonds is 7. The molecule has 1 N–H and O–H groups in total. The van der Waals surface area contributed by atoms with Crippen LogP contribution < -0.4 is 19.5 Å². The van der Waals surface area contributed by atoms with Crippen LogP contribution in [0.1, 0.15) is 5.56 Å². The highest BCUT2D eigenvalue weighted by molar-refractivity contribution is 5.55. The lowest BCUT2D eigenvalue weighted by atomic mass is 10.2. The quantitative estimate of drug-likeness (QED) is 0.705. The molecule has 3 rings (SSSR count). The van der Waals surface area contributed by atoms with E-state index in [0.29, 0.717) is 29.8 Å². The van der Waals surface area contributed by atoms with Crippen LogP contribution >= 0.6 is 0 Å². The van der Waals surface area contributed by atoms with Crippen LogP contribution in [-0.2, 0) is 6.61 Å². The van der Waals surface area contributed by atoms with Gasteiger partial charge in [0.25, 0.3) is 5.88 Å². The van der Waals surface area contributed by atoms with Crippen LogP contribution in [-0.4, -0.2) is 24.1 Å². The number of nitrogens with one attached hydrogen (secondary N) is 1. The summed E-state index contributed by atoms with van der Waals surface area (Å²) in [5.74, 6) is 2.76. The second-order valence-corrected chi connectivity index (χ2v) is 5.16. The molecule has 0 spiro atoms. The molecule has 1 heterocycles. The Balaban J connectivity index is 1.67. The number of hydrogen-bond acceptors (Lipinski definition) is 6. The van der Waals surface area contributed by atoms with Crippen molar-refractivity contribution < 1.29 is 14.2 Å². The van der Waals surface area contributed by atoms with Gasteiger partial charge >= 0.3 is 0 Å². The topological polar surface area (TPSA) is 65.5 Å². The summed E-state index contributed by atoms with van der Waals surface area (Å²) in [7, 11) is 3.31. The van der Waals surface area contributed by atoms with Crippen molar-refractivity contribution in [3.05, 3.63) is 66.5 Å². The van der Waals surface area contributed by atoms with Crippen molar-refractivity contribution in [3.8, 4) is 23.1 Å². The average molecular weight is 337 g/mol. The van der Waals surface area contributed by atoms with E-state index < -0.39 is 0 Å². The predicted molar refractivity (Wildman–Crippen MR) is 95.4 cm³/mol. The molecule has 0 fully saturated rings. The molecule has 0 atom stereocenters. The van der Waals surface area contributed by atoms with Crippen LogP contribution in [0, 0.1) is 0 Å². The molecule has 3 aromatic rings. The molecule has 0 aliphatic carbocycles. The number of hydrogen-bond donors (Lipinski definition) is 1. The van der Waals surface area contributed by atoms with Crippen LogP contribution in [0.15, 0.2) is 60.9 Å². The van der Waals surface area contributed by atoms with Gasteiger partial charge in [0, 0.05) is 7.05 Å². The van der Waals surface area contributed by atoms with Gasteiger partial charge in [-0.3, -0.25) is 0 Å². The van der Waals surface area contributed by atoms with E-state index in [-0.39, 0.29) is 0 Å². The number of nitrogens with zero attached hydrogens (tertiary/aromatic N) is 2. The van der Waals surface area contributed by atoms with Gasteiger partial charge in [-0.25, -0.2) is 4.98 Å². The van der Waals surface area contributed by atoms with Crippen molar-refractivity contribution in [2.75, 3.05) is 19.5 Å². The second-order valence-electron chi connectivity index (χ2n) is 5.16. The molecule has 0 radical (unpaired) electrons. The Kier molecular flexibility index (Phi) is 5.31. The Morgan fingerprint density at radius 1 is 0.920 bits per heavy atom. The summed E-state index contributed by atoms with van der Waals surface area (Å²) in [5, 5.41) is 2.94. The van der Waals surface area contributed by atoms with Crippen LogP contribution in [0.4, 0.5) is 5.82 Å². The first-order valence-electron chi connectivity index (χ1n) is 7.81. The molecule has 2 aromatic carbocycles. The zero-order valence-electron chi connectivity index (χ0n) is 14.1. The van der Waals surface area contributed by atoms with Crippen LogP contribution in [0.3, 0.4) is 0 Å². The highest BCUT2D eigenvalue weighted by atomic mass is 16.5. The Morgan fingerprint density at radius 3 is 2.32 bits per heavy atom. The fourth-order valence-corrected chi connectivity index (χ4v) is 2.25. The lowest BCUT2D eigenvalue weighted by Crippen LogP contribution is -2.01. The zero-order chi connectivity index (χ0) is 17.5. The lowest BCUT2D eigenvalue weighted by Gasteiger charge is -2.12. The monoisotopic (exact) mass is 337 g/mol. The number of benzene rings is 2. The minimum Gasteiger partial charge on any atom is -0.489 e. The van der Waals surface area contributed by atoms with Gasteiger partial charge < -0.3 is 19.5 Å². The fourth-order valence-electron chi connectivity index (χ4n) is 2.25. The maximum atomic E-state index is 5.79. The van der Waals surface area contributed by atoms with Crippen molar-refractivity contribution in [3.63, 3.8) is 0 Å². The third kappa shape index (κ3) is 4.17. The predicted octanol–water partition coefficient (Wildman–Crippen LogP) is 3.90. The van der Waals surface area contributed by atoms with E-state index in [0.717, 1.165) is 11.3 Å². The summed E-state index contributed by atoms with van der Waals surface area (Å²) in [6.07, 6.45) is 1.42. The first kappa shape index (κ1) is 16.6. The normalized spacial score (nSPS) is 10.2. The van der Waals surface area contributed by atoms with E-state index >= 15 is 0 Å². The highest BCUT2D eigenvalue weighted by Crippen LogP contribution is 2.34. The summed E-state index contributed by atoms with van der Waals surface area (Å²) in [4.78, 5) is 8.21. The van der Waals surface area contributed by atoms with E-state index in [9.17, 15) is 0 Å². The zero-order valence-corrected chi connectivity index (χ0v) is 14.1. The van der Waals surface area contributed by atoms with Crippen LogP contribution in [0.5, 0.6) is 23.1 Å². The summed E-state index contributed by atoms with van der Waals surface area (Å²) in [6, 6.07) is 17.4. The summed E-state index contributed by atoms with van der Waals surface area (Å²) in [6.45, 7) is 0.520. The van der Waals surface area contributed by atoms with Gasteiger partial charge in [-0.1, -0.05) is 30.3 Å². The summed E-state index contributed by atoms with van der Waals surface area (Å²) in [5.41, 5.74) is 1.12. The molecule has 0 aliphatic rings. The third-order valence-electron chi connectivity index (χ3n) is 3.50. The van der Waals surface area contributed by atoms with Crippen molar-refractivity contribution in [1.82, 2.24) is 9.97 Å². The van der Waals surface area contributed by atoms with Crippen molar-refractivity contribution in [2.24, 2.45) is 0 Å². The van der Waals surface area contributed by atoms with Crippen LogP contribution in [0.25, 0.3) is 0 Å². The molecule has 0 aliphatic heterocycles. The Hall–Kier alpha value is -3.28. The number of methoxy groups -OCH3 is 1. The fraction of sp³-hybridized carbons (Fsp3) is 0.158. The van der Waals surface area contributed by atoms with Gasteiger partial charge in [-0.05, 0) is 29.8 Å². The second kappa shape index (κ2) is 8.01. The first-order chi connectivity index (χ1) is 12.3. The number of ether oxygens (including phenoxy) is 3. The largest absolute Gasteiger partial charge is 0.489 e. The molecule has 0 amide bonds. The van der Waals surface area contributed by atoms with E-state index in [1.54, 1.807) is 14.2 Å². The van der Waals surface area contributed by atoms with Crippen molar-refractivity contribution >= 4 is 5.82 Å². The highest BCUT2D eigenvalue weighted by Gasteiger charge is 2.13. The maximum Gasteiger partial charge on any atom is 0.268 e. The lowest BCUT2D eigenvalue weighted by molar-refractivity contribution is 0.305. The average Bonchev–Trinajstić information content (AvgIpc) is 2.68. The van der Waals surface area contributed by atoms with Gasteiger partial charge in [0.15, 0.2) is 5.82 Å². The number of anilines is 1.